The third-order valence-corrected chi connectivity index (χ3v) is 3.34. The minimum atomic E-state index is -0.812. The van der Waals surface area contributed by atoms with Crippen molar-refractivity contribution in [2.24, 2.45) is 5.73 Å². The zero-order chi connectivity index (χ0) is 16.5. The molecule has 1 atom stereocenters. The fourth-order valence-electron chi connectivity index (χ4n) is 2.28. The second kappa shape index (κ2) is 8.80. The van der Waals surface area contributed by atoms with Crippen LogP contribution in [0, 0.1) is 0 Å². The van der Waals surface area contributed by atoms with E-state index in [2.05, 4.69) is 0 Å². The van der Waals surface area contributed by atoms with Gasteiger partial charge >= 0.3 is 6.09 Å². The van der Waals surface area contributed by atoms with Gasteiger partial charge in [-0.1, -0.05) is 30.3 Å². The van der Waals surface area contributed by atoms with E-state index in [0.717, 1.165) is 17.7 Å². The molecule has 0 saturated heterocycles. The summed E-state index contributed by atoms with van der Waals surface area (Å²) in [6.07, 6.45) is 0.724. The summed E-state index contributed by atoms with van der Waals surface area (Å²) in [7, 11) is 0. The first-order chi connectivity index (χ1) is 11.2. The van der Waals surface area contributed by atoms with Crippen LogP contribution in [0.15, 0.2) is 54.6 Å². The van der Waals surface area contributed by atoms with Crippen LogP contribution in [0.5, 0.6) is 11.5 Å². The Morgan fingerprint density at radius 3 is 2.48 bits per heavy atom. The summed E-state index contributed by atoms with van der Waals surface area (Å²) in [5.41, 5.74) is 5.97. The van der Waals surface area contributed by atoms with Gasteiger partial charge < -0.3 is 20.3 Å². The molecule has 2 aromatic rings. The third-order valence-electron chi connectivity index (χ3n) is 3.34. The van der Waals surface area contributed by atoms with Gasteiger partial charge in [0.25, 0.3) is 0 Å². The van der Waals surface area contributed by atoms with Crippen LogP contribution in [-0.4, -0.2) is 17.8 Å². The molecule has 0 radical (unpaired) electrons. The van der Waals surface area contributed by atoms with Crippen LogP contribution >= 0.6 is 0 Å². The summed E-state index contributed by atoms with van der Waals surface area (Å²) in [5, 5.41) is 8.89. The molecule has 122 valence electrons. The van der Waals surface area contributed by atoms with Gasteiger partial charge in [0.1, 0.15) is 17.6 Å². The average molecular weight is 315 g/mol. The zero-order valence-electron chi connectivity index (χ0n) is 12.9. The second-order valence-electron chi connectivity index (χ2n) is 5.13. The summed E-state index contributed by atoms with van der Waals surface area (Å²) in [6.45, 7) is 0.112. The molecular formula is C18H21NO4. The molecule has 3 N–H and O–H groups in total. The van der Waals surface area contributed by atoms with Gasteiger partial charge in [-0.05, 0) is 49.1 Å². The van der Waals surface area contributed by atoms with E-state index < -0.39 is 12.2 Å². The molecular weight excluding hydrogens is 294 g/mol. The lowest BCUT2D eigenvalue weighted by Crippen LogP contribution is -2.17. The van der Waals surface area contributed by atoms with Crippen molar-refractivity contribution in [1.29, 1.82) is 0 Å². The highest BCUT2D eigenvalue weighted by molar-refractivity contribution is 5.65. The van der Waals surface area contributed by atoms with E-state index in [-0.39, 0.29) is 6.61 Å². The van der Waals surface area contributed by atoms with Crippen molar-refractivity contribution in [3.63, 3.8) is 0 Å². The number of aliphatic hydroxyl groups excluding tert-OH is 1. The van der Waals surface area contributed by atoms with Crippen LogP contribution in [0.1, 0.15) is 30.9 Å². The topological polar surface area (TPSA) is 81.8 Å². The SMILES string of the molecule is NC(=O)OC(CCCCO)c1cccc(Oc2ccccc2)c1. The van der Waals surface area contributed by atoms with E-state index in [1.807, 2.05) is 54.6 Å². The Labute approximate surface area is 135 Å². The number of para-hydroxylation sites is 1. The number of rotatable bonds is 8. The molecule has 2 rings (SSSR count). The van der Waals surface area contributed by atoms with Gasteiger partial charge in [0.15, 0.2) is 0 Å². The Bertz CT molecular complexity index is 615. The number of carbonyl (C=O) groups excluding carboxylic acids is 1. The van der Waals surface area contributed by atoms with E-state index in [9.17, 15) is 4.79 Å². The van der Waals surface area contributed by atoms with Crippen LogP contribution in [0.4, 0.5) is 4.79 Å². The van der Waals surface area contributed by atoms with Gasteiger partial charge in [-0.2, -0.15) is 0 Å². The minimum absolute atomic E-state index is 0.112. The van der Waals surface area contributed by atoms with E-state index in [4.69, 9.17) is 20.3 Å². The van der Waals surface area contributed by atoms with Gasteiger partial charge in [0, 0.05) is 6.61 Å². The molecule has 0 bridgehead atoms. The van der Waals surface area contributed by atoms with E-state index in [1.54, 1.807) is 0 Å². The highest BCUT2D eigenvalue weighted by atomic mass is 16.6. The van der Waals surface area contributed by atoms with Gasteiger partial charge in [0.05, 0.1) is 0 Å². The summed E-state index contributed by atoms with van der Waals surface area (Å²) in [5.74, 6) is 1.39. The number of unbranched alkanes of at least 4 members (excludes halogenated alkanes) is 1. The normalized spacial score (nSPS) is 11.7. The zero-order valence-corrected chi connectivity index (χ0v) is 12.9. The molecule has 5 heteroatoms. The van der Waals surface area contributed by atoms with Crippen molar-refractivity contribution in [3.8, 4) is 11.5 Å². The molecule has 0 aliphatic heterocycles. The van der Waals surface area contributed by atoms with Crippen LogP contribution < -0.4 is 10.5 Å². The van der Waals surface area contributed by atoms with Crippen LogP contribution in [0.2, 0.25) is 0 Å². The molecule has 0 fully saturated rings. The maximum absolute atomic E-state index is 11.1. The number of carbonyl (C=O) groups is 1. The number of hydrogen-bond donors (Lipinski definition) is 2. The molecule has 23 heavy (non-hydrogen) atoms. The molecule has 0 spiro atoms. The van der Waals surface area contributed by atoms with Crippen LogP contribution in [-0.2, 0) is 4.74 Å². The number of benzene rings is 2. The number of primary amides is 1. The standard InChI is InChI=1S/C18H21NO4/c19-18(21)23-17(11-4-5-12-20)14-7-6-10-16(13-14)22-15-8-2-1-3-9-15/h1-3,6-10,13,17,20H,4-5,11-12H2,(H2,19,21). The fraction of sp³-hybridized carbons (Fsp3) is 0.278. The first-order valence-electron chi connectivity index (χ1n) is 7.59. The minimum Gasteiger partial charge on any atom is -0.457 e. The lowest BCUT2D eigenvalue weighted by atomic mass is 10.0. The smallest absolute Gasteiger partial charge is 0.405 e. The number of amides is 1. The number of aliphatic hydroxyl groups is 1. The maximum Gasteiger partial charge on any atom is 0.405 e. The predicted octanol–water partition coefficient (Wildman–Crippen LogP) is 3.78. The summed E-state index contributed by atoms with van der Waals surface area (Å²) >= 11 is 0. The molecule has 5 nitrogen and oxygen atoms in total. The van der Waals surface area contributed by atoms with Crippen molar-refractivity contribution in [1.82, 2.24) is 0 Å². The van der Waals surface area contributed by atoms with E-state index in [0.29, 0.717) is 18.6 Å². The van der Waals surface area contributed by atoms with Gasteiger partial charge in [-0.25, -0.2) is 4.79 Å². The summed E-state index contributed by atoms with van der Waals surface area (Å²) < 4.78 is 11.0. The second-order valence-corrected chi connectivity index (χ2v) is 5.13. The third kappa shape index (κ3) is 5.64. The first kappa shape index (κ1) is 16.8. The summed E-state index contributed by atoms with van der Waals surface area (Å²) in [4.78, 5) is 11.1. The van der Waals surface area contributed by atoms with Crippen molar-refractivity contribution in [2.75, 3.05) is 6.61 Å². The maximum atomic E-state index is 11.1. The lowest BCUT2D eigenvalue weighted by molar-refractivity contribution is 0.0982. The van der Waals surface area contributed by atoms with Gasteiger partial charge in [0.2, 0.25) is 0 Å². The van der Waals surface area contributed by atoms with Crippen molar-refractivity contribution >= 4 is 6.09 Å². The number of nitrogens with two attached hydrogens (primary N) is 1. The van der Waals surface area contributed by atoms with Crippen molar-refractivity contribution in [3.05, 3.63) is 60.2 Å². The highest BCUT2D eigenvalue weighted by Crippen LogP contribution is 2.28. The predicted molar refractivity (Wildman–Crippen MR) is 87.3 cm³/mol. The van der Waals surface area contributed by atoms with Crippen LogP contribution in [0.25, 0.3) is 0 Å². The van der Waals surface area contributed by atoms with Crippen molar-refractivity contribution < 1.29 is 19.4 Å². The molecule has 0 saturated carbocycles. The van der Waals surface area contributed by atoms with Gasteiger partial charge in [-0.3, -0.25) is 0 Å². The monoisotopic (exact) mass is 315 g/mol. The fourth-order valence-corrected chi connectivity index (χ4v) is 2.28. The first-order valence-corrected chi connectivity index (χ1v) is 7.59. The van der Waals surface area contributed by atoms with E-state index >= 15 is 0 Å². The van der Waals surface area contributed by atoms with Crippen LogP contribution in [0.3, 0.4) is 0 Å². The quantitative estimate of drug-likeness (QED) is 0.726. The molecule has 1 amide bonds. The molecule has 0 aromatic heterocycles. The highest BCUT2D eigenvalue weighted by Gasteiger charge is 2.15. The average Bonchev–Trinajstić information content (AvgIpc) is 2.55. The summed E-state index contributed by atoms with van der Waals surface area (Å²) in [6, 6.07) is 16.8. The van der Waals surface area contributed by atoms with Crippen molar-refractivity contribution in [2.45, 2.75) is 25.4 Å². The number of hydrogen-bond acceptors (Lipinski definition) is 4. The van der Waals surface area contributed by atoms with Gasteiger partial charge in [-0.15, -0.1) is 0 Å². The molecule has 1 unspecified atom stereocenters. The molecule has 0 aliphatic carbocycles. The molecule has 0 aliphatic rings. The largest absolute Gasteiger partial charge is 0.457 e. The number of ether oxygens (including phenoxy) is 2. The Kier molecular flexibility index (Phi) is 6.44. The lowest BCUT2D eigenvalue weighted by Gasteiger charge is -2.17. The Balaban J connectivity index is 2.12. The Hall–Kier alpha value is -2.53. The Morgan fingerprint density at radius 1 is 1.04 bits per heavy atom. The molecule has 2 aromatic carbocycles. The molecule has 0 heterocycles. The Morgan fingerprint density at radius 2 is 1.78 bits per heavy atom. The van der Waals surface area contributed by atoms with E-state index in [1.165, 1.54) is 0 Å².